The molecule has 29 heavy (non-hydrogen) atoms. The number of amides is 1. The molecule has 1 aromatic carbocycles. The van der Waals surface area contributed by atoms with Gasteiger partial charge in [-0.3, -0.25) is 9.20 Å². The molecule has 1 amide bonds. The summed E-state index contributed by atoms with van der Waals surface area (Å²) in [6.45, 7) is 1.06. The van der Waals surface area contributed by atoms with E-state index in [1.807, 2.05) is 0 Å². The lowest BCUT2D eigenvalue weighted by molar-refractivity contribution is 0.110. The van der Waals surface area contributed by atoms with Gasteiger partial charge in [-0.05, 0) is 25.0 Å². The average molecular weight is 397 g/mol. The summed E-state index contributed by atoms with van der Waals surface area (Å²) >= 11 is 0. The average Bonchev–Trinajstić information content (AvgIpc) is 3.14. The number of nitrogens with zero attached hydrogens (tertiary/aromatic N) is 4. The SMILES string of the molecule is COC(=O)N1CCCC(c2nc(-c3ccc(C=O)cc3F)c3c(N)nccn23)C1. The van der Waals surface area contributed by atoms with E-state index >= 15 is 0 Å². The van der Waals surface area contributed by atoms with Gasteiger partial charge >= 0.3 is 6.09 Å². The molecule has 1 fully saturated rings. The molecule has 0 radical (unpaired) electrons. The number of nitrogens with two attached hydrogens (primary N) is 1. The molecule has 3 heterocycles. The molecule has 0 spiro atoms. The van der Waals surface area contributed by atoms with Crippen LogP contribution in [0, 0.1) is 5.82 Å². The van der Waals surface area contributed by atoms with Crippen molar-refractivity contribution in [1.82, 2.24) is 19.3 Å². The summed E-state index contributed by atoms with van der Waals surface area (Å²) in [5.74, 6) is 0.268. The third-order valence-corrected chi connectivity index (χ3v) is 5.21. The number of ether oxygens (including phenoxy) is 1. The molecule has 0 bridgehead atoms. The maximum Gasteiger partial charge on any atom is 0.409 e. The van der Waals surface area contributed by atoms with Gasteiger partial charge in [-0.15, -0.1) is 0 Å². The largest absolute Gasteiger partial charge is 0.453 e. The van der Waals surface area contributed by atoms with E-state index in [0.717, 1.165) is 12.8 Å². The van der Waals surface area contributed by atoms with Crippen molar-refractivity contribution < 1.29 is 18.7 Å². The fraction of sp³-hybridized carbons (Fsp3) is 0.300. The number of carbonyl (C=O) groups is 2. The minimum atomic E-state index is -0.566. The van der Waals surface area contributed by atoms with Crippen molar-refractivity contribution in [2.45, 2.75) is 18.8 Å². The number of carbonyl (C=O) groups excluding carboxylic acids is 2. The zero-order chi connectivity index (χ0) is 20.5. The number of aldehydes is 1. The smallest absolute Gasteiger partial charge is 0.409 e. The van der Waals surface area contributed by atoms with Crippen molar-refractivity contribution in [3.05, 3.63) is 47.8 Å². The van der Waals surface area contributed by atoms with Gasteiger partial charge in [0.2, 0.25) is 0 Å². The Bertz CT molecular complexity index is 1100. The van der Waals surface area contributed by atoms with E-state index in [2.05, 4.69) is 4.98 Å². The molecule has 1 aliphatic rings. The van der Waals surface area contributed by atoms with Gasteiger partial charge in [-0.25, -0.2) is 19.2 Å². The van der Waals surface area contributed by atoms with E-state index in [0.29, 0.717) is 36.4 Å². The van der Waals surface area contributed by atoms with Crippen molar-refractivity contribution in [3.63, 3.8) is 0 Å². The first-order valence-electron chi connectivity index (χ1n) is 9.24. The lowest BCUT2D eigenvalue weighted by Gasteiger charge is -2.31. The summed E-state index contributed by atoms with van der Waals surface area (Å²) in [7, 11) is 1.35. The van der Waals surface area contributed by atoms with Crippen LogP contribution in [-0.2, 0) is 4.74 Å². The van der Waals surface area contributed by atoms with Crippen LogP contribution >= 0.6 is 0 Å². The third-order valence-electron chi connectivity index (χ3n) is 5.21. The van der Waals surface area contributed by atoms with Crippen molar-refractivity contribution in [2.75, 3.05) is 25.9 Å². The molecule has 0 saturated carbocycles. The molecule has 8 nitrogen and oxygen atoms in total. The molecule has 1 atom stereocenters. The number of likely N-dealkylation sites (tertiary alicyclic amines) is 1. The van der Waals surface area contributed by atoms with Crippen molar-refractivity contribution in [1.29, 1.82) is 0 Å². The number of hydrogen-bond acceptors (Lipinski definition) is 6. The standard InChI is InChI=1S/C20H20FN5O3/c1-29-20(28)25-7-2-3-13(10-25)19-24-16(17-18(22)23-6-8-26(17)19)14-5-4-12(11-27)9-15(14)21/h4-6,8-9,11,13H,2-3,7,10H2,1H3,(H2,22,23). The lowest BCUT2D eigenvalue weighted by atomic mass is 9.97. The summed E-state index contributed by atoms with van der Waals surface area (Å²) in [6.07, 6.45) is 5.11. The van der Waals surface area contributed by atoms with Crippen LogP contribution in [0.2, 0.25) is 0 Å². The van der Waals surface area contributed by atoms with Crippen LogP contribution in [0.3, 0.4) is 0 Å². The molecular weight excluding hydrogens is 377 g/mol. The number of halogens is 1. The fourth-order valence-electron chi connectivity index (χ4n) is 3.84. The Morgan fingerprint density at radius 3 is 2.97 bits per heavy atom. The van der Waals surface area contributed by atoms with Gasteiger partial charge in [0.25, 0.3) is 0 Å². The highest BCUT2D eigenvalue weighted by atomic mass is 19.1. The van der Waals surface area contributed by atoms with Crippen LogP contribution < -0.4 is 5.73 Å². The monoisotopic (exact) mass is 397 g/mol. The van der Waals surface area contributed by atoms with Crippen LogP contribution in [0.15, 0.2) is 30.6 Å². The zero-order valence-electron chi connectivity index (χ0n) is 15.8. The molecule has 4 rings (SSSR count). The van der Waals surface area contributed by atoms with Gasteiger partial charge in [0.05, 0.1) is 7.11 Å². The predicted octanol–water partition coefficient (Wildman–Crippen LogP) is 2.88. The van der Waals surface area contributed by atoms with Gasteiger partial charge in [0.15, 0.2) is 0 Å². The van der Waals surface area contributed by atoms with E-state index in [1.54, 1.807) is 21.7 Å². The number of aromatic nitrogens is 3. The Morgan fingerprint density at radius 2 is 2.24 bits per heavy atom. The Balaban J connectivity index is 1.84. The van der Waals surface area contributed by atoms with Gasteiger partial charge in [-0.1, -0.05) is 6.07 Å². The quantitative estimate of drug-likeness (QED) is 0.682. The van der Waals surface area contributed by atoms with E-state index in [9.17, 15) is 14.0 Å². The van der Waals surface area contributed by atoms with Crippen LogP contribution in [0.5, 0.6) is 0 Å². The van der Waals surface area contributed by atoms with Gasteiger partial charge in [-0.2, -0.15) is 0 Å². The number of piperidine rings is 1. The van der Waals surface area contributed by atoms with E-state index in [1.165, 1.54) is 25.3 Å². The second kappa shape index (κ2) is 7.50. The lowest BCUT2D eigenvalue weighted by Crippen LogP contribution is -2.39. The topological polar surface area (TPSA) is 103 Å². The first kappa shape index (κ1) is 18.9. The molecule has 1 unspecified atom stereocenters. The molecule has 0 aliphatic carbocycles. The van der Waals surface area contributed by atoms with Crippen molar-refractivity contribution in [3.8, 4) is 11.3 Å². The molecule has 1 saturated heterocycles. The van der Waals surface area contributed by atoms with E-state index in [-0.39, 0.29) is 29.0 Å². The number of rotatable bonds is 3. The minimum absolute atomic E-state index is 0.0665. The van der Waals surface area contributed by atoms with Crippen LogP contribution in [0.4, 0.5) is 15.0 Å². The van der Waals surface area contributed by atoms with Crippen LogP contribution in [0.25, 0.3) is 16.8 Å². The number of methoxy groups -OCH3 is 1. The summed E-state index contributed by atoms with van der Waals surface area (Å²) in [6, 6.07) is 4.21. The Hall–Kier alpha value is -3.49. The van der Waals surface area contributed by atoms with E-state index < -0.39 is 5.82 Å². The minimum Gasteiger partial charge on any atom is -0.453 e. The zero-order valence-corrected chi connectivity index (χ0v) is 15.8. The van der Waals surface area contributed by atoms with E-state index in [4.69, 9.17) is 15.5 Å². The first-order valence-corrected chi connectivity index (χ1v) is 9.24. The number of hydrogen-bond donors (Lipinski definition) is 1. The third kappa shape index (κ3) is 3.28. The number of imidazole rings is 1. The Morgan fingerprint density at radius 1 is 1.41 bits per heavy atom. The van der Waals surface area contributed by atoms with Crippen molar-refractivity contribution >= 4 is 23.7 Å². The molecule has 9 heteroatoms. The summed E-state index contributed by atoms with van der Waals surface area (Å²) in [4.78, 5) is 33.4. The van der Waals surface area contributed by atoms with Crippen molar-refractivity contribution in [2.24, 2.45) is 0 Å². The Labute approximate surface area is 166 Å². The van der Waals surface area contributed by atoms with Crippen LogP contribution in [0.1, 0.15) is 34.9 Å². The highest BCUT2D eigenvalue weighted by molar-refractivity contribution is 5.86. The normalized spacial score (nSPS) is 16.8. The second-order valence-electron chi connectivity index (χ2n) is 6.96. The van der Waals surface area contributed by atoms with Gasteiger partial charge in [0, 0.05) is 42.5 Å². The summed E-state index contributed by atoms with van der Waals surface area (Å²) < 4.78 is 21.4. The number of fused-ring (bicyclic) bond motifs is 1. The summed E-state index contributed by atoms with van der Waals surface area (Å²) in [5, 5.41) is 0. The number of nitrogen functional groups attached to an aromatic ring is 1. The second-order valence-corrected chi connectivity index (χ2v) is 6.96. The fourth-order valence-corrected chi connectivity index (χ4v) is 3.84. The molecule has 3 aromatic rings. The van der Waals surface area contributed by atoms with Gasteiger partial charge < -0.3 is 15.4 Å². The molecule has 1 aliphatic heterocycles. The first-order chi connectivity index (χ1) is 14.0. The predicted molar refractivity (Wildman–Crippen MR) is 104 cm³/mol. The number of benzene rings is 1. The van der Waals surface area contributed by atoms with Crippen LogP contribution in [-0.4, -0.2) is 51.8 Å². The molecule has 2 N–H and O–H groups in total. The highest BCUT2D eigenvalue weighted by Gasteiger charge is 2.30. The Kier molecular flexibility index (Phi) is 4.87. The highest BCUT2D eigenvalue weighted by Crippen LogP contribution is 2.35. The number of anilines is 1. The maximum absolute atomic E-state index is 14.7. The summed E-state index contributed by atoms with van der Waals surface area (Å²) in [5.41, 5.74) is 7.43. The molecular formula is C20H20FN5O3. The van der Waals surface area contributed by atoms with Gasteiger partial charge in [0.1, 0.15) is 35.0 Å². The molecule has 150 valence electrons. The maximum atomic E-state index is 14.7. The molecule has 2 aromatic heterocycles.